The van der Waals surface area contributed by atoms with Gasteiger partial charge >= 0.3 is 0 Å². The van der Waals surface area contributed by atoms with E-state index in [2.05, 4.69) is 30.7 Å². The minimum Gasteiger partial charge on any atom is -0.496 e. The highest BCUT2D eigenvalue weighted by molar-refractivity contribution is 5.90. The minimum absolute atomic E-state index is 0.115. The molecule has 1 atom stereocenters. The summed E-state index contributed by atoms with van der Waals surface area (Å²) in [5, 5.41) is 10.5. The summed E-state index contributed by atoms with van der Waals surface area (Å²) >= 11 is 0. The van der Waals surface area contributed by atoms with Crippen LogP contribution >= 0.6 is 0 Å². The molecule has 1 aromatic carbocycles. The Morgan fingerprint density at radius 2 is 2.00 bits per heavy atom. The maximum atomic E-state index is 9.41. The molecule has 0 aliphatic carbocycles. The van der Waals surface area contributed by atoms with E-state index in [0.717, 1.165) is 16.7 Å². The predicted molar refractivity (Wildman–Crippen MR) is 74.4 cm³/mol. The molecule has 2 rings (SSSR count). The molecule has 0 aliphatic heterocycles. The van der Waals surface area contributed by atoms with Gasteiger partial charge in [-0.2, -0.15) is 0 Å². The van der Waals surface area contributed by atoms with Gasteiger partial charge in [0.1, 0.15) is 5.75 Å². The summed E-state index contributed by atoms with van der Waals surface area (Å²) in [5.74, 6) is 0.992. The van der Waals surface area contributed by atoms with Crippen molar-refractivity contribution >= 4 is 10.9 Å². The zero-order chi connectivity index (χ0) is 13.3. The number of methoxy groups -OCH3 is 1. The molecule has 18 heavy (non-hydrogen) atoms. The van der Waals surface area contributed by atoms with Gasteiger partial charge in [0.15, 0.2) is 0 Å². The van der Waals surface area contributed by atoms with Crippen LogP contribution < -0.4 is 4.74 Å². The molecule has 1 N–H and O–H groups in total. The second-order valence-corrected chi connectivity index (χ2v) is 5.02. The fourth-order valence-corrected chi connectivity index (χ4v) is 2.38. The number of rotatable bonds is 4. The quantitative estimate of drug-likeness (QED) is 0.899. The molecule has 1 heterocycles. The molecule has 0 saturated heterocycles. The molecule has 3 heteroatoms. The molecule has 0 aliphatic rings. The van der Waals surface area contributed by atoms with E-state index in [1.165, 1.54) is 5.52 Å². The Balaban J connectivity index is 2.76. The molecular weight excluding hydrogens is 226 g/mol. The Kier molecular flexibility index (Phi) is 3.62. The topological polar surface area (TPSA) is 34.4 Å². The Morgan fingerprint density at radius 3 is 2.56 bits per heavy atom. The van der Waals surface area contributed by atoms with Crippen LogP contribution in [0.2, 0.25) is 0 Å². The maximum Gasteiger partial charge on any atom is 0.128 e. The van der Waals surface area contributed by atoms with Crippen molar-refractivity contribution < 1.29 is 9.84 Å². The standard InChI is InChI=1S/C15H21NO2/c1-10(2)16-8-12(11(3)9-17)15-13(16)6-5-7-14(15)18-4/h5-8,10-11,17H,9H2,1-4H3. The molecule has 0 amide bonds. The Morgan fingerprint density at radius 1 is 1.28 bits per heavy atom. The van der Waals surface area contributed by atoms with Crippen LogP contribution in [0.5, 0.6) is 5.75 Å². The van der Waals surface area contributed by atoms with Crippen molar-refractivity contribution in [1.82, 2.24) is 4.57 Å². The van der Waals surface area contributed by atoms with E-state index in [1.807, 2.05) is 19.1 Å². The van der Waals surface area contributed by atoms with Crippen LogP contribution in [0.3, 0.4) is 0 Å². The Labute approximate surface area is 108 Å². The van der Waals surface area contributed by atoms with Crippen LogP contribution in [-0.2, 0) is 0 Å². The van der Waals surface area contributed by atoms with E-state index in [-0.39, 0.29) is 12.5 Å². The van der Waals surface area contributed by atoms with Gasteiger partial charge in [-0.05, 0) is 31.5 Å². The number of ether oxygens (including phenoxy) is 1. The number of aromatic nitrogens is 1. The largest absolute Gasteiger partial charge is 0.496 e. The summed E-state index contributed by atoms with van der Waals surface area (Å²) in [6.45, 7) is 6.50. The molecule has 0 radical (unpaired) electrons. The highest BCUT2D eigenvalue weighted by Crippen LogP contribution is 2.35. The smallest absolute Gasteiger partial charge is 0.128 e. The summed E-state index contributed by atoms with van der Waals surface area (Å²) in [4.78, 5) is 0. The Bertz CT molecular complexity index is 543. The van der Waals surface area contributed by atoms with Gasteiger partial charge in [0.2, 0.25) is 0 Å². The molecule has 0 spiro atoms. The first-order valence-electron chi connectivity index (χ1n) is 6.38. The van der Waals surface area contributed by atoms with Crippen LogP contribution in [-0.4, -0.2) is 23.4 Å². The highest BCUT2D eigenvalue weighted by Gasteiger charge is 2.18. The Hall–Kier alpha value is -1.48. The fourth-order valence-electron chi connectivity index (χ4n) is 2.38. The van der Waals surface area contributed by atoms with E-state index < -0.39 is 0 Å². The number of fused-ring (bicyclic) bond motifs is 1. The zero-order valence-corrected chi connectivity index (χ0v) is 11.5. The van der Waals surface area contributed by atoms with Crippen molar-refractivity contribution in [2.24, 2.45) is 0 Å². The number of nitrogens with zero attached hydrogens (tertiary/aromatic N) is 1. The lowest BCUT2D eigenvalue weighted by molar-refractivity contribution is 0.273. The van der Waals surface area contributed by atoms with Crippen molar-refractivity contribution in [2.45, 2.75) is 32.7 Å². The molecule has 2 aromatic rings. The van der Waals surface area contributed by atoms with E-state index >= 15 is 0 Å². The average molecular weight is 247 g/mol. The number of hydrogen-bond donors (Lipinski definition) is 1. The summed E-state index contributed by atoms with van der Waals surface area (Å²) in [5.41, 5.74) is 2.32. The first-order valence-corrected chi connectivity index (χ1v) is 6.38. The minimum atomic E-state index is 0.115. The second-order valence-electron chi connectivity index (χ2n) is 5.02. The van der Waals surface area contributed by atoms with E-state index in [4.69, 9.17) is 4.74 Å². The van der Waals surface area contributed by atoms with E-state index in [9.17, 15) is 5.11 Å². The van der Waals surface area contributed by atoms with Crippen LogP contribution in [0.1, 0.15) is 38.3 Å². The summed E-state index contributed by atoms with van der Waals surface area (Å²) in [6, 6.07) is 6.47. The van der Waals surface area contributed by atoms with Crippen molar-refractivity contribution in [2.75, 3.05) is 13.7 Å². The summed E-state index contributed by atoms with van der Waals surface area (Å²) < 4.78 is 7.70. The van der Waals surface area contributed by atoms with Crippen LogP contribution in [0, 0.1) is 0 Å². The van der Waals surface area contributed by atoms with Crippen molar-refractivity contribution in [3.8, 4) is 5.75 Å². The lowest BCUT2D eigenvalue weighted by Gasteiger charge is -2.09. The van der Waals surface area contributed by atoms with Gasteiger partial charge in [0.25, 0.3) is 0 Å². The van der Waals surface area contributed by atoms with Crippen LogP contribution in [0.25, 0.3) is 10.9 Å². The third-order valence-electron chi connectivity index (χ3n) is 3.43. The van der Waals surface area contributed by atoms with E-state index in [1.54, 1.807) is 7.11 Å². The van der Waals surface area contributed by atoms with Gasteiger partial charge < -0.3 is 14.4 Å². The molecule has 0 bridgehead atoms. The fraction of sp³-hybridized carbons (Fsp3) is 0.467. The lowest BCUT2D eigenvalue weighted by atomic mass is 10.0. The van der Waals surface area contributed by atoms with Gasteiger partial charge in [0.05, 0.1) is 12.6 Å². The zero-order valence-electron chi connectivity index (χ0n) is 11.5. The van der Waals surface area contributed by atoms with Crippen LogP contribution in [0.15, 0.2) is 24.4 Å². The SMILES string of the molecule is COc1cccc2c1c(C(C)CO)cn2C(C)C. The highest BCUT2D eigenvalue weighted by atomic mass is 16.5. The molecule has 0 saturated carbocycles. The van der Waals surface area contributed by atoms with Gasteiger partial charge in [-0.25, -0.2) is 0 Å². The molecule has 0 fully saturated rings. The predicted octanol–water partition coefficient (Wildman–Crippen LogP) is 3.33. The van der Waals surface area contributed by atoms with Gasteiger partial charge in [-0.15, -0.1) is 0 Å². The summed E-state index contributed by atoms with van der Waals surface area (Å²) in [6.07, 6.45) is 2.14. The van der Waals surface area contributed by atoms with Crippen molar-refractivity contribution in [3.05, 3.63) is 30.0 Å². The van der Waals surface area contributed by atoms with Gasteiger partial charge in [-0.1, -0.05) is 13.0 Å². The van der Waals surface area contributed by atoms with Crippen molar-refractivity contribution in [1.29, 1.82) is 0 Å². The monoisotopic (exact) mass is 247 g/mol. The van der Waals surface area contributed by atoms with Gasteiger partial charge in [-0.3, -0.25) is 0 Å². The maximum absolute atomic E-state index is 9.41. The molecule has 1 unspecified atom stereocenters. The van der Waals surface area contributed by atoms with Crippen molar-refractivity contribution in [3.63, 3.8) is 0 Å². The average Bonchev–Trinajstić information content (AvgIpc) is 2.77. The van der Waals surface area contributed by atoms with Gasteiger partial charge in [0, 0.05) is 30.1 Å². The first-order chi connectivity index (χ1) is 8.60. The normalized spacial score (nSPS) is 13.2. The van der Waals surface area contributed by atoms with E-state index in [0.29, 0.717) is 6.04 Å². The molecular formula is C15H21NO2. The number of aliphatic hydroxyl groups excluding tert-OH is 1. The second kappa shape index (κ2) is 5.02. The molecule has 98 valence electrons. The van der Waals surface area contributed by atoms with Crippen LogP contribution in [0.4, 0.5) is 0 Å². The third-order valence-corrected chi connectivity index (χ3v) is 3.43. The lowest BCUT2D eigenvalue weighted by Crippen LogP contribution is -2.00. The first kappa shape index (κ1) is 13.0. The molecule has 3 nitrogen and oxygen atoms in total. The third kappa shape index (κ3) is 1.99. The summed E-state index contributed by atoms with van der Waals surface area (Å²) in [7, 11) is 1.69. The number of hydrogen-bond acceptors (Lipinski definition) is 2. The molecule has 1 aromatic heterocycles. The number of benzene rings is 1. The number of aliphatic hydroxyl groups is 1.